The number of ether oxygens (including phenoxy) is 2. The minimum atomic E-state index is -1.18. The Hall–Kier alpha value is -1.51. The van der Waals surface area contributed by atoms with Gasteiger partial charge in [-0.2, -0.15) is 0 Å². The molecule has 8 rings (SSSR count). The summed E-state index contributed by atoms with van der Waals surface area (Å²) in [6.07, 6.45) is 19.8. The fourth-order valence-corrected chi connectivity index (χ4v) is 16.8. The second-order valence-electron chi connectivity index (χ2n) is 22.0. The van der Waals surface area contributed by atoms with E-state index in [4.69, 9.17) is 9.47 Å². The first-order chi connectivity index (χ1) is 25.8. The monoisotopic (exact) mass is 779 g/mol. The summed E-state index contributed by atoms with van der Waals surface area (Å²) in [5.74, 6) is 3.83. The van der Waals surface area contributed by atoms with Gasteiger partial charge in [0.15, 0.2) is 5.41 Å². The van der Waals surface area contributed by atoms with E-state index in [1.807, 2.05) is 27.7 Å². The van der Waals surface area contributed by atoms with Gasteiger partial charge in [-0.15, -0.1) is 0 Å². The topological polar surface area (TPSA) is 84.9 Å². The number of esters is 2. The van der Waals surface area contributed by atoms with Crippen LogP contribution in [0.5, 0.6) is 0 Å². The number of nitrogens with one attached hydrogen (secondary N) is 1. The SMILES string of the molecule is CC(C)OC(=O)C1(C(=O)OC(C)C)CC2(C=C(C3=CCC4(C)C(CCC5(C)C4CCC4[C@H]6CCCC6(NCCN6CCS(=O)CC6)CC[C@]45C)C3(C)C)C2)C1. The van der Waals surface area contributed by atoms with Crippen LogP contribution in [-0.2, 0) is 29.9 Å². The van der Waals surface area contributed by atoms with Crippen molar-refractivity contribution in [1.29, 1.82) is 0 Å². The second-order valence-corrected chi connectivity index (χ2v) is 23.7. The molecular formula is C47H74N2O5S. The molecule has 1 heterocycles. The molecule has 6 fully saturated rings. The van der Waals surface area contributed by atoms with Gasteiger partial charge in [0.2, 0.25) is 0 Å². The summed E-state index contributed by atoms with van der Waals surface area (Å²) in [5, 5.41) is 4.25. The molecular weight excluding hydrogens is 705 g/mol. The third-order valence-corrected chi connectivity index (χ3v) is 19.5. The normalized spacial score (nSPS) is 41.5. The maximum Gasteiger partial charge on any atom is 0.323 e. The highest BCUT2D eigenvalue weighted by Gasteiger charge is 2.71. The van der Waals surface area contributed by atoms with Crippen molar-refractivity contribution in [3.05, 3.63) is 23.3 Å². The van der Waals surface area contributed by atoms with E-state index in [2.05, 4.69) is 57.0 Å². The summed E-state index contributed by atoms with van der Waals surface area (Å²) in [7, 11) is -0.609. The lowest BCUT2D eigenvalue weighted by atomic mass is 9.33. The Morgan fingerprint density at radius 2 is 1.49 bits per heavy atom. The van der Waals surface area contributed by atoms with Crippen molar-refractivity contribution in [2.45, 2.75) is 164 Å². The Labute approximate surface area is 335 Å². The number of allylic oxidation sites excluding steroid dienone is 4. The molecule has 8 aliphatic rings. The molecule has 0 bridgehead atoms. The molecule has 55 heavy (non-hydrogen) atoms. The summed E-state index contributed by atoms with van der Waals surface area (Å²) >= 11 is 0. The van der Waals surface area contributed by atoms with Crippen molar-refractivity contribution in [2.75, 3.05) is 37.7 Å². The van der Waals surface area contributed by atoms with E-state index in [1.54, 1.807) is 0 Å². The van der Waals surface area contributed by atoms with Gasteiger partial charge in [-0.1, -0.05) is 53.2 Å². The molecule has 6 unspecified atom stereocenters. The van der Waals surface area contributed by atoms with Crippen LogP contribution in [0.2, 0.25) is 0 Å². The Balaban J connectivity index is 0.977. The van der Waals surface area contributed by atoms with Crippen LogP contribution in [0.4, 0.5) is 0 Å². The average Bonchev–Trinajstić information content (AvgIpc) is 3.49. The van der Waals surface area contributed by atoms with Crippen LogP contribution in [0.3, 0.4) is 0 Å². The van der Waals surface area contributed by atoms with Gasteiger partial charge in [-0.05, 0) is 167 Å². The number of rotatable bonds is 9. The summed E-state index contributed by atoms with van der Waals surface area (Å²) in [6.45, 7) is 24.8. The quantitative estimate of drug-likeness (QED) is 0.185. The Morgan fingerprint density at radius 3 is 2.13 bits per heavy atom. The summed E-state index contributed by atoms with van der Waals surface area (Å²) in [6, 6.07) is 0. The van der Waals surface area contributed by atoms with Gasteiger partial charge in [-0.25, -0.2) is 0 Å². The van der Waals surface area contributed by atoms with Gasteiger partial charge in [0.25, 0.3) is 0 Å². The minimum absolute atomic E-state index is 0.0774. The molecule has 0 aromatic heterocycles. The van der Waals surface area contributed by atoms with E-state index in [9.17, 15) is 13.8 Å². The summed E-state index contributed by atoms with van der Waals surface area (Å²) in [4.78, 5) is 29.2. The van der Waals surface area contributed by atoms with E-state index in [-0.39, 0.29) is 28.5 Å². The Morgan fingerprint density at radius 1 is 0.836 bits per heavy atom. The lowest BCUT2D eigenvalue weighted by Crippen LogP contribution is -2.67. The van der Waals surface area contributed by atoms with E-state index in [0.29, 0.717) is 35.1 Å². The lowest BCUT2D eigenvalue weighted by molar-refractivity contribution is -0.218. The first-order valence-electron chi connectivity index (χ1n) is 22.5. The van der Waals surface area contributed by atoms with Gasteiger partial charge in [0.1, 0.15) is 0 Å². The molecule has 7 nitrogen and oxygen atoms in total. The van der Waals surface area contributed by atoms with Gasteiger partial charge in [0, 0.05) is 54.0 Å². The largest absolute Gasteiger partial charge is 0.462 e. The third-order valence-electron chi connectivity index (χ3n) is 18.3. The number of carbonyl (C=O) groups excluding carboxylic acids is 2. The molecule has 0 aromatic carbocycles. The zero-order valence-corrected chi connectivity index (χ0v) is 36.8. The molecule has 8 heteroatoms. The smallest absolute Gasteiger partial charge is 0.323 e. The van der Waals surface area contributed by atoms with E-state index in [0.717, 1.165) is 68.3 Å². The molecule has 308 valence electrons. The molecule has 1 spiro atoms. The predicted molar refractivity (Wildman–Crippen MR) is 221 cm³/mol. The van der Waals surface area contributed by atoms with Crippen LogP contribution in [-0.4, -0.2) is 76.5 Å². The second kappa shape index (κ2) is 13.8. The van der Waals surface area contributed by atoms with Gasteiger partial charge < -0.3 is 19.7 Å². The predicted octanol–water partition coefficient (Wildman–Crippen LogP) is 8.78. The fourth-order valence-electron chi connectivity index (χ4n) is 15.7. The van der Waals surface area contributed by atoms with Gasteiger partial charge >= 0.3 is 11.9 Å². The zero-order chi connectivity index (χ0) is 39.4. The van der Waals surface area contributed by atoms with Crippen LogP contribution >= 0.6 is 0 Å². The lowest BCUT2D eigenvalue weighted by Gasteiger charge is -2.72. The first kappa shape index (κ1) is 40.3. The van der Waals surface area contributed by atoms with Gasteiger partial charge in [0.05, 0.1) is 12.2 Å². The minimum Gasteiger partial charge on any atom is -0.462 e. The summed E-state index contributed by atoms with van der Waals surface area (Å²) in [5.41, 5.74) is 3.09. The highest BCUT2D eigenvalue weighted by molar-refractivity contribution is 7.85. The molecule has 8 atom stereocenters. The zero-order valence-electron chi connectivity index (χ0n) is 36.0. The van der Waals surface area contributed by atoms with Crippen LogP contribution in [0.15, 0.2) is 23.3 Å². The van der Waals surface area contributed by atoms with Crippen LogP contribution in [0.1, 0.15) is 146 Å². The number of carbonyl (C=O) groups is 2. The van der Waals surface area contributed by atoms with Gasteiger partial charge in [-0.3, -0.25) is 13.8 Å². The molecule has 5 saturated carbocycles. The van der Waals surface area contributed by atoms with Crippen molar-refractivity contribution in [2.24, 2.45) is 56.2 Å². The van der Waals surface area contributed by atoms with E-state index in [1.165, 1.54) is 68.9 Å². The molecule has 0 radical (unpaired) electrons. The maximum absolute atomic E-state index is 13.3. The Kier molecular flexibility index (Phi) is 10.1. The van der Waals surface area contributed by atoms with Crippen LogP contribution in [0.25, 0.3) is 0 Å². The molecule has 1 aliphatic heterocycles. The van der Waals surface area contributed by atoms with E-state index < -0.39 is 28.2 Å². The first-order valence-corrected chi connectivity index (χ1v) is 24.0. The number of nitrogens with zero attached hydrogens (tertiary/aromatic N) is 1. The Bertz CT molecular complexity index is 1610. The van der Waals surface area contributed by atoms with E-state index >= 15 is 0 Å². The maximum atomic E-state index is 13.3. The fraction of sp³-hybridized carbons (Fsp3) is 0.872. The number of hydrogen-bond acceptors (Lipinski definition) is 7. The van der Waals surface area contributed by atoms with Crippen LogP contribution in [0, 0.1) is 56.2 Å². The highest BCUT2D eigenvalue weighted by Crippen LogP contribution is 2.77. The number of hydrogen-bond donors (Lipinski definition) is 1. The van der Waals surface area contributed by atoms with Crippen molar-refractivity contribution in [3.8, 4) is 0 Å². The van der Waals surface area contributed by atoms with Crippen LogP contribution < -0.4 is 5.32 Å². The van der Waals surface area contributed by atoms with Crippen molar-refractivity contribution in [3.63, 3.8) is 0 Å². The van der Waals surface area contributed by atoms with Crippen molar-refractivity contribution >= 4 is 22.7 Å². The molecule has 7 aliphatic carbocycles. The summed E-state index contributed by atoms with van der Waals surface area (Å²) < 4.78 is 23.2. The molecule has 0 aromatic rings. The number of fused-ring (bicyclic) bond motifs is 7. The standard InChI is InChI=1S/C47H74N2O5S/c1-31(2)53-39(50)46(40(51)54-32(3)4)29-45(30-46)27-33(28-45)34-14-17-42(7)37(41(34,5)6)15-18-44(9)38(42)13-12-35-36-11-10-16-47(36,20-19-43(35,44)8)48-21-22-49-23-25-55(52)26-24-49/h14,27,31-32,35-38,48H,10-13,15-26,28-30H2,1-9H3/t35?,36-,37?,38?,42?,43-,44?,47?/m1/s1. The molecule has 1 saturated heterocycles. The molecule has 1 N–H and O–H groups in total. The average molecular weight is 779 g/mol. The molecule has 0 amide bonds. The van der Waals surface area contributed by atoms with Crippen molar-refractivity contribution < 1.29 is 23.3 Å². The highest BCUT2D eigenvalue weighted by atomic mass is 32.2. The third kappa shape index (κ3) is 6.15. The van der Waals surface area contributed by atoms with Crippen molar-refractivity contribution in [1.82, 2.24) is 10.2 Å².